The summed E-state index contributed by atoms with van der Waals surface area (Å²) in [6, 6.07) is 11.0. The summed E-state index contributed by atoms with van der Waals surface area (Å²) in [5.74, 6) is 0. The van der Waals surface area contributed by atoms with Crippen LogP contribution >= 0.6 is 27.3 Å². The summed E-state index contributed by atoms with van der Waals surface area (Å²) >= 11 is 5.55. The molecule has 0 aliphatic rings. The first-order chi connectivity index (χ1) is 10.2. The molecule has 0 aliphatic heterocycles. The van der Waals surface area contributed by atoms with Crippen LogP contribution in [0.15, 0.2) is 40.2 Å². The molecule has 2 aromatic rings. The van der Waals surface area contributed by atoms with Crippen LogP contribution in [-0.4, -0.2) is 18.0 Å². The summed E-state index contributed by atoms with van der Waals surface area (Å²) in [6.07, 6.45) is 0. The Morgan fingerprint density at radius 2 is 2.05 bits per heavy atom. The molecule has 0 radical (unpaired) electrons. The largest absolute Gasteiger partial charge is 0.313 e. The van der Waals surface area contributed by atoms with Gasteiger partial charge in [-0.05, 0) is 41.7 Å². The first kappa shape index (κ1) is 16.7. The maximum absolute atomic E-state index is 3.72. The maximum Gasteiger partial charge on any atom is 0.0331 e. The standard InChI is InChI=1S/C17H23BrN2S/c1-3-19-11-14-7-8-15(17(18)10-14)12-20(4-2)13-16-6-5-9-21-16/h5-10,19H,3-4,11-13H2,1-2H3. The number of hydrogen-bond acceptors (Lipinski definition) is 3. The monoisotopic (exact) mass is 366 g/mol. The number of thiophene rings is 1. The quantitative estimate of drug-likeness (QED) is 0.731. The summed E-state index contributed by atoms with van der Waals surface area (Å²) in [5, 5.41) is 5.51. The third-order valence-electron chi connectivity index (χ3n) is 3.50. The van der Waals surface area contributed by atoms with Crippen molar-refractivity contribution in [2.45, 2.75) is 33.5 Å². The van der Waals surface area contributed by atoms with Gasteiger partial charge in [0, 0.05) is 29.0 Å². The zero-order valence-electron chi connectivity index (χ0n) is 12.7. The molecule has 1 aromatic carbocycles. The van der Waals surface area contributed by atoms with Gasteiger partial charge in [0.25, 0.3) is 0 Å². The topological polar surface area (TPSA) is 15.3 Å². The number of hydrogen-bond donors (Lipinski definition) is 1. The Bertz CT molecular complexity index is 540. The Labute approximate surface area is 140 Å². The highest BCUT2D eigenvalue weighted by Gasteiger charge is 2.09. The predicted molar refractivity (Wildman–Crippen MR) is 95.6 cm³/mol. The Kier molecular flexibility index (Phi) is 6.90. The number of halogens is 1. The lowest BCUT2D eigenvalue weighted by Crippen LogP contribution is -2.22. The molecule has 0 spiro atoms. The van der Waals surface area contributed by atoms with E-state index >= 15 is 0 Å². The van der Waals surface area contributed by atoms with Crippen LogP contribution in [0.4, 0.5) is 0 Å². The predicted octanol–water partition coefficient (Wildman–Crippen LogP) is 4.64. The van der Waals surface area contributed by atoms with Gasteiger partial charge in [0.2, 0.25) is 0 Å². The van der Waals surface area contributed by atoms with Crippen molar-refractivity contribution in [3.05, 3.63) is 56.2 Å². The van der Waals surface area contributed by atoms with Gasteiger partial charge in [0.1, 0.15) is 0 Å². The molecular formula is C17H23BrN2S. The van der Waals surface area contributed by atoms with Crippen LogP contribution in [0.5, 0.6) is 0 Å². The molecule has 1 N–H and O–H groups in total. The van der Waals surface area contributed by atoms with E-state index in [9.17, 15) is 0 Å². The maximum atomic E-state index is 3.72. The van der Waals surface area contributed by atoms with Gasteiger partial charge in [-0.2, -0.15) is 0 Å². The van der Waals surface area contributed by atoms with Crippen molar-refractivity contribution >= 4 is 27.3 Å². The second kappa shape index (κ2) is 8.69. The summed E-state index contributed by atoms with van der Waals surface area (Å²) in [6.45, 7) is 9.36. The molecular weight excluding hydrogens is 344 g/mol. The SMILES string of the molecule is CCNCc1ccc(CN(CC)Cc2cccs2)c(Br)c1. The lowest BCUT2D eigenvalue weighted by Gasteiger charge is -2.20. The van der Waals surface area contributed by atoms with E-state index in [-0.39, 0.29) is 0 Å². The fourth-order valence-corrected chi connectivity index (χ4v) is 3.54. The van der Waals surface area contributed by atoms with E-state index in [1.807, 2.05) is 11.3 Å². The van der Waals surface area contributed by atoms with Crippen molar-refractivity contribution in [1.29, 1.82) is 0 Å². The fourth-order valence-electron chi connectivity index (χ4n) is 2.24. The molecule has 2 rings (SSSR count). The molecule has 2 nitrogen and oxygen atoms in total. The van der Waals surface area contributed by atoms with Crippen LogP contribution in [0, 0.1) is 0 Å². The molecule has 4 heteroatoms. The van der Waals surface area contributed by atoms with Crippen molar-refractivity contribution in [2.75, 3.05) is 13.1 Å². The normalized spacial score (nSPS) is 11.2. The lowest BCUT2D eigenvalue weighted by atomic mass is 10.1. The van der Waals surface area contributed by atoms with Crippen LogP contribution in [0.3, 0.4) is 0 Å². The molecule has 0 saturated heterocycles. The van der Waals surface area contributed by atoms with Crippen molar-refractivity contribution < 1.29 is 0 Å². The van der Waals surface area contributed by atoms with Crippen molar-refractivity contribution in [3.8, 4) is 0 Å². The minimum absolute atomic E-state index is 0.933. The molecule has 1 heterocycles. The minimum atomic E-state index is 0.933. The average Bonchev–Trinajstić information content (AvgIpc) is 2.99. The molecule has 114 valence electrons. The minimum Gasteiger partial charge on any atom is -0.313 e. The fraction of sp³-hybridized carbons (Fsp3) is 0.412. The molecule has 0 amide bonds. The van der Waals surface area contributed by atoms with Crippen LogP contribution < -0.4 is 5.32 Å². The van der Waals surface area contributed by atoms with Crippen molar-refractivity contribution in [2.24, 2.45) is 0 Å². The number of nitrogens with one attached hydrogen (secondary N) is 1. The van der Waals surface area contributed by atoms with Gasteiger partial charge >= 0.3 is 0 Å². The second-order valence-corrected chi connectivity index (χ2v) is 6.98. The van der Waals surface area contributed by atoms with E-state index in [1.54, 1.807) is 0 Å². The molecule has 0 saturated carbocycles. The molecule has 21 heavy (non-hydrogen) atoms. The second-order valence-electron chi connectivity index (χ2n) is 5.09. The third-order valence-corrected chi connectivity index (χ3v) is 5.10. The average molecular weight is 367 g/mol. The van der Waals surface area contributed by atoms with E-state index in [1.165, 1.54) is 20.5 Å². The van der Waals surface area contributed by atoms with Gasteiger partial charge < -0.3 is 5.32 Å². The van der Waals surface area contributed by atoms with E-state index < -0.39 is 0 Å². The molecule has 0 unspecified atom stereocenters. The zero-order chi connectivity index (χ0) is 15.1. The Balaban J connectivity index is 2.00. The van der Waals surface area contributed by atoms with Gasteiger partial charge in [-0.25, -0.2) is 0 Å². The number of rotatable bonds is 8. The number of benzene rings is 1. The van der Waals surface area contributed by atoms with Crippen LogP contribution in [0.2, 0.25) is 0 Å². The van der Waals surface area contributed by atoms with Gasteiger partial charge in [-0.15, -0.1) is 11.3 Å². The number of nitrogens with zero attached hydrogens (tertiary/aromatic N) is 1. The summed E-state index contributed by atoms with van der Waals surface area (Å²) in [5.41, 5.74) is 2.68. The highest BCUT2D eigenvalue weighted by molar-refractivity contribution is 9.10. The van der Waals surface area contributed by atoms with Gasteiger partial charge in [-0.1, -0.05) is 48.0 Å². The summed E-state index contributed by atoms with van der Waals surface area (Å²) < 4.78 is 1.21. The van der Waals surface area contributed by atoms with E-state index in [4.69, 9.17) is 0 Å². The molecule has 1 aromatic heterocycles. The Morgan fingerprint density at radius 1 is 1.19 bits per heavy atom. The zero-order valence-corrected chi connectivity index (χ0v) is 15.1. The highest BCUT2D eigenvalue weighted by Crippen LogP contribution is 2.22. The molecule has 0 aliphatic carbocycles. The van der Waals surface area contributed by atoms with Gasteiger partial charge in [0.15, 0.2) is 0 Å². The smallest absolute Gasteiger partial charge is 0.0331 e. The lowest BCUT2D eigenvalue weighted by molar-refractivity contribution is 0.273. The summed E-state index contributed by atoms with van der Waals surface area (Å²) in [7, 11) is 0. The van der Waals surface area contributed by atoms with Crippen molar-refractivity contribution in [3.63, 3.8) is 0 Å². The van der Waals surface area contributed by atoms with E-state index in [0.29, 0.717) is 0 Å². The van der Waals surface area contributed by atoms with E-state index in [0.717, 1.165) is 32.7 Å². The first-order valence-electron chi connectivity index (χ1n) is 7.45. The van der Waals surface area contributed by atoms with Crippen LogP contribution in [-0.2, 0) is 19.6 Å². The van der Waals surface area contributed by atoms with Crippen molar-refractivity contribution in [1.82, 2.24) is 10.2 Å². The Hall–Kier alpha value is -0.680. The highest BCUT2D eigenvalue weighted by atomic mass is 79.9. The molecule has 0 bridgehead atoms. The summed E-state index contributed by atoms with van der Waals surface area (Å²) in [4.78, 5) is 3.90. The third kappa shape index (κ3) is 5.22. The molecule has 0 atom stereocenters. The Morgan fingerprint density at radius 3 is 2.67 bits per heavy atom. The van der Waals surface area contributed by atoms with Gasteiger partial charge in [0.05, 0.1) is 0 Å². The molecule has 0 fully saturated rings. The van der Waals surface area contributed by atoms with Crippen LogP contribution in [0.1, 0.15) is 29.9 Å². The van der Waals surface area contributed by atoms with E-state index in [2.05, 4.69) is 75.7 Å². The van der Waals surface area contributed by atoms with Gasteiger partial charge in [-0.3, -0.25) is 4.90 Å². The van der Waals surface area contributed by atoms with Crippen LogP contribution in [0.25, 0.3) is 0 Å². The first-order valence-corrected chi connectivity index (χ1v) is 9.13.